The van der Waals surface area contributed by atoms with E-state index in [1.54, 1.807) is 5.48 Å². The van der Waals surface area contributed by atoms with Crippen molar-refractivity contribution in [2.45, 2.75) is 24.5 Å². The minimum absolute atomic E-state index is 0.0141. The maximum atomic E-state index is 14.0. The number of nitrogens with zero attached hydrogens (tertiary/aromatic N) is 2. The van der Waals surface area contributed by atoms with Gasteiger partial charge in [-0.3, -0.25) is 4.57 Å². The van der Waals surface area contributed by atoms with Gasteiger partial charge in [0, 0.05) is 6.20 Å². The number of nitrogens with one attached hydrogen (secondary N) is 1. The molecule has 0 amide bonds. The highest BCUT2D eigenvalue weighted by atomic mass is 19.1. The second-order valence-electron chi connectivity index (χ2n) is 3.89. The number of hydrogen-bond acceptors (Lipinski definition) is 7. The van der Waals surface area contributed by atoms with Crippen LogP contribution in [0, 0.1) is 0 Å². The van der Waals surface area contributed by atoms with Crippen LogP contribution in [0.2, 0.25) is 0 Å². The third-order valence-electron chi connectivity index (χ3n) is 2.78. The highest BCUT2D eigenvalue weighted by Crippen LogP contribution is 2.30. The van der Waals surface area contributed by atoms with E-state index in [1.165, 1.54) is 12.3 Å². The number of nitrogens with two attached hydrogens (primary N) is 1. The maximum Gasteiger partial charge on any atom is 0.351 e. The summed E-state index contributed by atoms with van der Waals surface area (Å²) in [6.45, 7) is -0.494. The second-order valence-corrected chi connectivity index (χ2v) is 3.89. The molecular formula is C9H13FN4O4. The molecule has 0 aromatic carbocycles. The minimum atomic E-state index is -1.71. The number of hydrogen-bond donors (Lipinski definition) is 4. The van der Waals surface area contributed by atoms with E-state index in [4.69, 9.17) is 20.8 Å². The van der Waals surface area contributed by atoms with Gasteiger partial charge in [0.05, 0.1) is 12.6 Å². The number of alkyl halides is 1. The molecule has 1 unspecified atom stereocenters. The molecule has 0 saturated carbocycles. The van der Waals surface area contributed by atoms with Crippen molar-refractivity contribution in [3.63, 3.8) is 0 Å². The van der Waals surface area contributed by atoms with Crippen LogP contribution in [0.3, 0.4) is 0 Å². The first-order valence-corrected chi connectivity index (χ1v) is 5.23. The molecule has 0 bridgehead atoms. The Kier molecular flexibility index (Phi) is 3.57. The van der Waals surface area contributed by atoms with Gasteiger partial charge < -0.3 is 20.8 Å². The van der Waals surface area contributed by atoms with Gasteiger partial charge in [-0.1, -0.05) is 0 Å². The Bertz CT molecular complexity index is 482. The van der Waals surface area contributed by atoms with Gasteiger partial charge in [-0.25, -0.2) is 9.18 Å². The van der Waals surface area contributed by atoms with Crippen molar-refractivity contribution in [1.82, 2.24) is 15.0 Å². The summed E-state index contributed by atoms with van der Waals surface area (Å²) >= 11 is 0. The lowest BCUT2D eigenvalue weighted by molar-refractivity contribution is -0.0445. The molecular weight excluding hydrogens is 247 g/mol. The second kappa shape index (κ2) is 4.98. The van der Waals surface area contributed by atoms with Crippen molar-refractivity contribution in [3.05, 3.63) is 22.7 Å². The summed E-state index contributed by atoms with van der Waals surface area (Å²) in [6, 6.07) is 0.204. The van der Waals surface area contributed by atoms with Crippen molar-refractivity contribution < 1.29 is 19.4 Å². The van der Waals surface area contributed by atoms with Crippen LogP contribution in [0.15, 0.2) is 17.1 Å². The quantitative estimate of drug-likeness (QED) is 0.483. The number of ether oxygens (including phenoxy) is 1. The number of rotatable bonds is 3. The molecule has 0 spiro atoms. The van der Waals surface area contributed by atoms with E-state index in [9.17, 15) is 9.18 Å². The zero-order valence-electron chi connectivity index (χ0n) is 9.23. The van der Waals surface area contributed by atoms with Crippen LogP contribution in [-0.2, 0) is 4.74 Å². The van der Waals surface area contributed by atoms with Crippen molar-refractivity contribution >= 4 is 5.82 Å². The zero-order valence-corrected chi connectivity index (χ0v) is 9.23. The fraction of sp³-hybridized carbons (Fsp3) is 0.556. The molecule has 1 aliphatic rings. The summed E-state index contributed by atoms with van der Waals surface area (Å²) in [6.07, 6.45) is -2.70. The molecule has 18 heavy (non-hydrogen) atoms. The van der Waals surface area contributed by atoms with E-state index in [0.29, 0.717) is 0 Å². The van der Waals surface area contributed by atoms with Gasteiger partial charge in [-0.15, -0.1) is 0 Å². The molecule has 5 N–H and O–H groups in total. The van der Waals surface area contributed by atoms with Crippen molar-refractivity contribution in [2.75, 3.05) is 12.3 Å². The normalized spacial score (nSPS) is 31.7. The number of aliphatic hydroxyl groups excluding tert-OH is 1. The van der Waals surface area contributed by atoms with Crippen molar-refractivity contribution in [1.29, 1.82) is 0 Å². The molecule has 9 heteroatoms. The Labute approximate surface area is 101 Å². The topological polar surface area (TPSA) is 123 Å². The molecule has 1 saturated heterocycles. The molecule has 1 fully saturated rings. The van der Waals surface area contributed by atoms with Crippen LogP contribution >= 0.6 is 0 Å². The standard InChI is InChI=1S/C9H13FN4O4/c10-6-7(13-17)4(3-15)18-8(6)14-2-1-5(11)12-9(14)16/h1-2,4,6-8,13,15,17H,3H2,(H2,11,12,16)/t4-,6-,7?,8-/m1/s1. The van der Waals surface area contributed by atoms with E-state index < -0.39 is 36.8 Å². The molecule has 2 heterocycles. The molecule has 2 rings (SSSR count). The van der Waals surface area contributed by atoms with Gasteiger partial charge in [0.15, 0.2) is 12.4 Å². The fourth-order valence-corrected chi connectivity index (χ4v) is 1.87. The Hall–Kier alpha value is -1.55. The molecule has 8 nitrogen and oxygen atoms in total. The predicted molar refractivity (Wildman–Crippen MR) is 57.5 cm³/mol. The highest BCUT2D eigenvalue weighted by Gasteiger charge is 2.46. The molecule has 100 valence electrons. The third-order valence-corrected chi connectivity index (χ3v) is 2.78. The molecule has 4 atom stereocenters. The average Bonchev–Trinajstić information content (AvgIpc) is 2.66. The summed E-state index contributed by atoms with van der Waals surface area (Å²) in [5.41, 5.74) is 6.28. The molecule has 0 aliphatic carbocycles. The fourth-order valence-electron chi connectivity index (χ4n) is 1.87. The molecule has 0 radical (unpaired) electrons. The number of halogens is 1. The lowest BCUT2D eigenvalue weighted by Crippen LogP contribution is -2.42. The lowest BCUT2D eigenvalue weighted by Gasteiger charge is -2.16. The first-order chi connectivity index (χ1) is 8.58. The van der Waals surface area contributed by atoms with Gasteiger partial charge in [0.2, 0.25) is 0 Å². The first-order valence-electron chi connectivity index (χ1n) is 5.23. The Morgan fingerprint density at radius 2 is 2.39 bits per heavy atom. The van der Waals surface area contributed by atoms with Crippen LogP contribution in [0.5, 0.6) is 0 Å². The van der Waals surface area contributed by atoms with Crippen LogP contribution in [0.1, 0.15) is 6.23 Å². The van der Waals surface area contributed by atoms with Gasteiger partial charge in [0.25, 0.3) is 0 Å². The number of aliphatic hydroxyl groups is 1. The van der Waals surface area contributed by atoms with E-state index in [-0.39, 0.29) is 5.82 Å². The summed E-state index contributed by atoms with van der Waals surface area (Å²) in [5, 5.41) is 17.8. The summed E-state index contributed by atoms with van der Waals surface area (Å²) in [4.78, 5) is 15.0. The molecule has 1 aromatic heterocycles. The number of anilines is 1. The third kappa shape index (κ3) is 2.08. The van der Waals surface area contributed by atoms with Crippen LogP contribution in [0.25, 0.3) is 0 Å². The number of nitrogen functional groups attached to an aromatic ring is 1. The Balaban J connectivity index is 2.32. The minimum Gasteiger partial charge on any atom is -0.394 e. The van der Waals surface area contributed by atoms with Gasteiger partial charge in [-0.2, -0.15) is 10.5 Å². The summed E-state index contributed by atoms with van der Waals surface area (Å²) < 4.78 is 20.1. The Morgan fingerprint density at radius 3 is 2.89 bits per heavy atom. The largest absolute Gasteiger partial charge is 0.394 e. The molecule has 1 aromatic rings. The number of hydroxylamine groups is 1. The van der Waals surface area contributed by atoms with Crippen LogP contribution in [-0.4, -0.2) is 44.8 Å². The lowest BCUT2D eigenvalue weighted by atomic mass is 10.1. The van der Waals surface area contributed by atoms with E-state index in [1.807, 2.05) is 0 Å². The highest BCUT2D eigenvalue weighted by molar-refractivity contribution is 5.23. The summed E-state index contributed by atoms with van der Waals surface area (Å²) in [5.74, 6) is 0.0141. The van der Waals surface area contributed by atoms with Crippen LogP contribution < -0.4 is 16.9 Å². The van der Waals surface area contributed by atoms with Crippen molar-refractivity contribution in [2.24, 2.45) is 0 Å². The molecule has 1 aliphatic heterocycles. The van der Waals surface area contributed by atoms with Gasteiger partial charge >= 0.3 is 5.69 Å². The summed E-state index contributed by atoms with van der Waals surface area (Å²) in [7, 11) is 0. The number of aromatic nitrogens is 2. The van der Waals surface area contributed by atoms with Crippen LogP contribution in [0.4, 0.5) is 10.2 Å². The Morgan fingerprint density at radius 1 is 1.67 bits per heavy atom. The SMILES string of the molecule is Nc1ccn([C@@H]2O[C@H](CO)C(NO)[C@H]2F)c(=O)n1. The van der Waals surface area contributed by atoms with E-state index >= 15 is 0 Å². The zero-order chi connectivity index (χ0) is 13.3. The smallest absolute Gasteiger partial charge is 0.351 e. The van der Waals surface area contributed by atoms with Crippen molar-refractivity contribution in [3.8, 4) is 0 Å². The van der Waals surface area contributed by atoms with E-state index in [2.05, 4.69) is 4.98 Å². The monoisotopic (exact) mass is 260 g/mol. The predicted octanol–water partition coefficient (Wildman–Crippen LogP) is -1.60. The van der Waals surface area contributed by atoms with Gasteiger partial charge in [-0.05, 0) is 6.07 Å². The first kappa shape index (κ1) is 12.9. The maximum absolute atomic E-state index is 14.0. The van der Waals surface area contributed by atoms with E-state index in [0.717, 1.165) is 4.57 Å². The average molecular weight is 260 g/mol. The van der Waals surface area contributed by atoms with Gasteiger partial charge in [0.1, 0.15) is 11.9 Å².